The summed E-state index contributed by atoms with van der Waals surface area (Å²) in [5.41, 5.74) is 2.35. The third kappa shape index (κ3) is 3.17. The lowest BCUT2D eigenvalue weighted by Gasteiger charge is -2.34. The Labute approximate surface area is 180 Å². The summed E-state index contributed by atoms with van der Waals surface area (Å²) in [7, 11) is 0. The predicted octanol–water partition coefficient (Wildman–Crippen LogP) is 3.90. The third-order valence-electron chi connectivity index (χ3n) is 6.82. The molecule has 2 aliphatic rings. The highest BCUT2D eigenvalue weighted by atomic mass is 16.4. The lowest BCUT2D eigenvalue weighted by molar-refractivity contribution is 0.351. The van der Waals surface area contributed by atoms with Gasteiger partial charge in [-0.2, -0.15) is 14.6 Å². The van der Waals surface area contributed by atoms with Crippen LogP contribution in [-0.2, 0) is 6.42 Å². The van der Waals surface area contributed by atoms with E-state index in [1.165, 1.54) is 0 Å². The van der Waals surface area contributed by atoms with Crippen LogP contribution in [-0.4, -0.2) is 42.9 Å². The molecular formula is C23H25N7O. The van der Waals surface area contributed by atoms with Crippen LogP contribution in [0, 0.1) is 5.41 Å². The van der Waals surface area contributed by atoms with Crippen molar-refractivity contribution >= 4 is 11.6 Å². The van der Waals surface area contributed by atoms with E-state index in [-0.39, 0.29) is 5.41 Å². The number of piperidine rings is 1. The van der Waals surface area contributed by atoms with Gasteiger partial charge >= 0.3 is 0 Å². The maximum atomic E-state index is 6.06. The molecule has 1 saturated carbocycles. The minimum absolute atomic E-state index is 0.289. The quantitative estimate of drug-likeness (QED) is 0.489. The van der Waals surface area contributed by atoms with Crippen LogP contribution in [0.15, 0.2) is 47.1 Å². The number of anilines is 1. The predicted molar refractivity (Wildman–Crippen MR) is 116 cm³/mol. The zero-order chi connectivity index (χ0) is 20.8. The molecule has 0 amide bonds. The van der Waals surface area contributed by atoms with E-state index in [0.717, 1.165) is 68.2 Å². The summed E-state index contributed by atoms with van der Waals surface area (Å²) in [6.45, 7) is 4.15. The van der Waals surface area contributed by atoms with Crippen molar-refractivity contribution in [1.82, 2.24) is 29.8 Å². The van der Waals surface area contributed by atoms with E-state index in [1.54, 1.807) is 6.33 Å². The van der Waals surface area contributed by atoms with Crippen LogP contribution < -0.4 is 4.90 Å². The van der Waals surface area contributed by atoms with Gasteiger partial charge in [-0.1, -0.05) is 31.5 Å². The fraction of sp³-hybridized carbons (Fsp3) is 0.435. The van der Waals surface area contributed by atoms with Gasteiger partial charge in [-0.25, -0.2) is 4.98 Å². The van der Waals surface area contributed by atoms with Crippen LogP contribution >= 0.6 is 0 Å². The highest BCUT2D eigenvalue weighted by Gasteiger charge is 2.58. The van der Waals surface area contributed by atoms with Gasteiger partial charge in [0.1, 0.15) is 12.1 Å². The fourth-order valence-corrected chi connectivity index (χ4v) is 4.96. The van der Waals surface area contributed by atoms with E-state index in [4.69, 9.17) is 4.42 Å². The number of rotatable bonds is 5. The van der Waals surface area contributed by atoms with Crippen molar-refractivity contribution in [2.75, 3.05) is 18.0 Å². The topological polar surface area (TPSA) is 85.2 Å². The Morgan fingerprint density at radius 1 is 1.13 bits per heavy atom. The van der Waals surface area contributed by atoms with Crippen LogP contribution in [0.2, 0.25) is 0 Å². The normalized spacial score (nSPS) is 19.9. The second-order valence-electron chi connectivity index (χ2n) is 8.75. The second-order valence-corrected chi connectivity index (χ2v) is 8.75. The zero-order valence-electron chi connectivity index (χ0n) is 17.6. The van der Waals surface area contributed by atoms with Crippen LogP contribution in [0.4, 0.5) is 5.82 Å². The van der Waals surface area contributed by atoms with E-state index < -0.39 is 0 Å². The number of nitrogens with zero attached hydrogens (tertiary/aromatic N) is 7. The van der Waals surface area contributed by atoms with Gasteiger partial charge in [-0.05, 0) is 43.2 Å². The first-order valence-electron chi connectivity index (χ1n) is 11.1. The van der Waals surface area contributed by atoms with Gasteiger partial charge in [-0.15, -0.1) is 10.2 Å². The molecule has 1 atom stereocenters. The average Bonchev–Trinajstić information content (AvgIpc) is 3.16. The van der Waals surface area contributed by atoms with Gasteiger partial charge in [0.2, 0.25) is 11.8 Å². The third-order valence-corrected chi connectivity index (χ3v) is 6.82. The van der Waals surface area contributed by atoms with Gasteiger partial charge in [0.15, 0.2) is 0 Å². The first-order valence-corrected chi connectivity index (χ1v) is 11.1. The number of fused-ring (bicyclic) bond motifs is 1. The first-order chi connectivity index (χ1) is 15.3. The largest absolute Gasteiger partial charge is 0.420 e. The summed E-state index contributed by atoms with van der Waals surface area (Å²) >= 11 is 0. The first kappa shape index (κ1) is 18.5. The molecule has 0 bridgehead atoms. The van der Waals surface area contributed by atoms with Crippen LogP contribution in [0.5, 0.6) is 0 Å². The highest BCUT2D eigenvalue weighted by Crippen LogP contribution is 2.64. The number of aryl methyl sites for hydroxylation is 1. The summed E-state index contributed by atoms with van der Waals surface area (Å²) in [4.78, 5) is 11.4. The molecule has 1 unspecified atom stereocenters. The molecule has 0 radical (unpaired) electrons. The van der Waals surface area contributed by atoms with Crippen molar-refractivity contribution < 1.29 is 4.42 Å². The SMILES string of the molecule is CCCc1cc(N2CCC3(CC2)CC3c2nnc(-c3ccccc3)o2)n2ncnc2n1. The van der Waals surface area contributed by atoms with Crippen molar-refractivity contribution in [3.05, 3.63) is 54.3 Å². The van der Waals surface area contributed by atoms with Crippen LogP contribution in [0.3, 0.4) is 0 Å². The Bertz CT molecular complexity index is 1210. The van der Waals surface area contributed by atoms with Gasteiger partial charge in [0.05, 0.1) is 0 Å². The molecule has 2 fully saturated rings. The van der Waals surface area contributed by atoms with E-state index in [0.29, 0.717) is 17.6 Å². The Balaban J connectivity index is 1.18. The molecule has 6 rings (SSSR count). The number of hydrogen-bond acceptors (Lipinski definition) is 7. The highest BCUT2D eigenvalue weighted by molar-refractivity contribution is 5.52. The summed E-state index contributed by atoms with van der Waals surface area (Å²) in [5.74, 6) is 3.56. The Kier molecular flexibility index (Phi) is 4.26. The minimum Gasteiger partial charge on any atom is -0.420 e. The molecule has 158 valence electrons. The zero-order valence-corrected chi connectivity index (χ0v) is 17.6. The monoisotopic (exact) mass is 415 g/mol. The van der Waals surface area contributed by atoms with Crippen molar-refractivity contribution in [3.8, 4) is 11.5 Å². The minimum atomic E-state index is 0.289. The van der Waals surface area contributed by atoms with Gasteiger partial charge < -0.3 is 9.32 Å². The number of hydrogen-bond donors (Lipinski definition) is 0. The lowest BCUT2D eigenvalue weighted by atomic mass is 9.90. The van der Waals surface area contributed by atoms with Crippen molar-refractivity contribution in [2.24, 2.45) is 5.41 Å². The number of aromatic nitrogens is 6. The molecular weight excluding hydrogens is 390 g/mol. The molecule has 8 nitrogen and oxygen atoms in total. The molecule has 1 saturated heterocycles. The molecule has 1 aromatic carbocycles. The lowest BCUT2D eigenvalue weighted by Crippen LogP contribution is -2.36. The molecule has 4 aromatic rings. The summed E-state index contributed by atoms with van der Waals surface area (Å²) < 4.78 is 7.92. The Morgan fingerprint density at radius 2 is 1.97 bits per heavy atom. The summed E-state index contributed by atoms with van der Waals surface area (Å²) in [6, 6.07) is 12.2. The maximum absolute atomic E-state index is 6.06. The second kappa shape index (κ2) is 7.14. The van der Waals surface area contributed by atoms with E-state index >= 15 is 0 Å². The van der Waals surface area contributed by atoms with Gasteiger partial charge in [-0.3, -0.25) is 0 Å². The van der Waals surface area contributed by atoms with E-state index in [1.807, 2.05) is 34.8 Å². The summed E-state index contributed by atoms with van der Waals surface area (Å²) in [5, 5.41) is 13.1. The van der Waals surface area contributed by atoms with Gasteiger partial charge in [0, 0.05) is 36.3 Å². The molecule has 0 N–H and O–H groups in total. The van der Waals surface area contributed by atoms with E-state index in [2.05, 4.69) is 43.2 Å². The molecule has 1 aliphatic carbocycles. The van der Waals surface area contributed by atoms with Crippen molar-refractivity contribution in [3.63, 3.8) is 0 Å². The van der Waals surface area contributed by atoms with Crippen LogP contribution in [0.25, 0.3) is 17.2 Å². The van der Waals surface area contributed by atoms with Crippen LogP contribution in [0.1, 0.15) is 50.1 Å². The van der Waals surface area contributed by atoms with Crippen molar-refractivity contribution in [1.29, 1.82) is 0 Å². The number of benzene rings is 1. The molecule has 3 aromatic heterocycles. The smallest absolute Gasteiger partial charge is 0.254 e. The Morgan fingerprint density at radius 3 is 2.77 bits per heavy atom. The molecule has 8 heteroatoms. The van der Waals surface area contributed by atoms with Crippen molar-refractivity contribution in [2.45, 2.75) is 44.9 Å². The molecule has 1 aliphatic heterocycles. The molecule has 4 heterocycles. The molecule has 1 spiro atoms. The Hall–Kier alpha value is -3.29. The van der Waals surface area contributed by atoms with Gasteiger partial charge in [0.25, 0.3) is 5.78 Å². The summed E-state index contributed by atoms with van der Waals surface area (Å²) in [6.07, 6.45) is 6.97. The standard InChI is InChI=1S/C23H25N7O/c1-2-6-17-13-19(30-22(26-17)24-15-25-30)29-11-9-23(10-12-29)14-18(23)21-28-27-20(31-21)16-7-4-3-5-8-16/h3-5,7-8,13,15,18H,2,6,9-12,14H2,1H3. The fourth-order valence-electron chi connectivity index (χ4n) is 4.96. The average molecular weight is 416 g/mol. The maximum Gasteiger partial charge on any atom is 0.254 e. The molecule has 31 heavy (non-hydrogen) atoms. The van der Waals surface area contributed by atoms with E-state index in [9.17, 15) is 0 Å².